The molecule has 0 saturated carbocycles. The Hall–Kier alpha value is -0.360. The Balaban J connectivity index is 2.45. The van der Waals surface area contributed by atoms with Gasteiger partial charge >= 0.3 is 0 Å². The summed E-state index contributed by atoms with van der Waals surface area (Å²) < 4.78 is 7.54. The Morgan fingerprint density at radius 1 is 1.25 bits per heavy atom. The van der Waals surface area contributed by atoms with Gasteiger partial charge in [-0.05, 0) is 42.8 Å². The smallest absolute Gasteiger partial charge is 0.129 e. The van der Waals surface area contributed by atoms with Crippen molar-refractivity contribution in [2.24, 2.45) is 0 Å². The predicted molar refractivity (Wildman–Crippen MR) is 93.0 cm³/mol. The Bertz CT molecular complexity index is 598. The van der Waals surface area contributed by atoms with Gasteiger partial charge in [0.25, 0.3) is 0 Å². The van der Waals surface area contributed by atoms with Crippen LogP contribution in [-0.4, -0.2) is 13.7 Å². The number of halogens is 2. The van der Waals surface area contributed by atoms with Crippen molar-refractivity contribution in [2.45, 2.75) is 19.9 Å². The second kappa shape index (κ2) is 7.07. The van der Waals surface area contributed by atoms with E-state index in [0.29, 0.717) is 0 Å². The van der Waals surface area contributed by atoms with Gasteiger partial charge in [-0.25, -0.2) is 0 Å². The molecule has 20 heavy (non-hydrogen) atoms. The number of hydrogen-bond donors (Lipinski definition) is 1. The second-order valence-corrected chi connectivity index (χ2v) is 7.15. The first-order valence-corrected chi connectivity index (χ1v) is 8.84. The molecule has 1 unspecified atom stereocenters. The molecule has 0 aliphatic rings. The second-order valence-electron chi connectivity index (χ2n) is 4.50. The Morgan fingerprint density at radius 3 is 2.60 bits per heavy atom. The van der Waals surface area contributed by atoms with E-state index in [2.05, 4.69) is 69.2 Å². The van der Waals surface area contributed by atoms with Gasteiger partial charge < -0.3 is 10.1 Å². The largest absolute Gasteiger partial charge is 0.496 e. The predicted octanol–water partition coefficient (Wildman–Crippen LogP) is 5.29. The minimum absolute atomic E-state index is 0.167. The zero-order chi connectivity index (χ0) is 14.7. The van der Waals surface area contributed by atoms with Crippen molar-refractivity contribution >= 4 is 43.2 Å². The highest BCUT2D eigenvalue weighted by molar-refractivity contribution is 9.11. The lowest BCUT2D eigenvalue weighted by atomic mass is 10.0. The molecule has 2 aromatic rings. The third-order valence-corrected chi connectivity index (χ3v) is 5.63. The van der Waals surface area contributed by atoms with E-state index < -0.39 is 0 Å². The van der Waals surface area contributed by atoms with Crippen LogP contribution in [0.1, 0.15) is 29.0 Å². The van der Waals surface area contributed by atoms with E-state index in [9.17, 15) is 0 Å². The summed E-state index contributed by atoms with van der Waals surface area (Å²) in [7, 11) is 1.70. The molecule has 2 nitrogen and oxygen atoms in total. The fraction of sp³-hybridized carbons (Fsp3) is 0.333. The van der Waals surface area contributed by atoms with Crippen LogP contribution in [0.2, 0.25) is 0 Å². The fourth-order valence-electron chi connectivity index (χ4n) is 2.04. The highest BCUT2D eigenvalue weighted by Gasteiger charge is 2.19. The lowest BCUT2D eigenvalue weighted by Gasteiger charge is -2.19. The van der Waals surface area contributed by atoms with Crippen LogP contribution in [-0.2, 0) is 0 Å². The maximum Gasteiger partial charge on any atom is 0.129 e. The highest BCUT2D eigenvalue weighted by atomic mass is 79.9. The molecule has 0 aliphatic carbocycles. The summed E-state index contributed by atoms with van der Waals surface area (Å²) in [6, 6.07) is 6.59. The topological polar surface area (TPSA) is 21.3 Å². The summed E-state index contributed by atoms with van der Waals surface area (Å²) >= 11 is 9.02. The molecule has 0 fully saturated rings. The number of benzene rings is 1. The third-order valence-electron chi connectivity index (χ3n) is 3.11. The molecule has 108 valence electrons. The number of nitrogens with one attached hydrogen (secondary N) is 1. The SMILES string of the molecule is CCNC(c1cc(OC)cs1)c1cc(Br)c(C)cc1Br. The monoisotopic (exact) mass is 417 g/mol. The first-order chi connectivity index (χ1) is 9.56. The Labute approximate surface area is 140 Å². The van der Waals surface area contributed by atoms with Crippen LogP contribution in [0.25, 0.3) is 0 Å². The van der Waals surface area contributed by atoms with Gasteiger partial charge in [0.2, 0.25) is 0 Å². The van der Waals surface area contributed by atoms with Crippen molar-refractivity contribution < 1.29 is 4.74 Å². The summed E-state index contributed by atoms with van der Waals surface area (Å²) in [6.07, 6.45) is 0. The number of rotatable bonds is 5. The lowest BCUT2D eigenvalue weighted by molar-refractivity contribution is 0.416. The summed E-state index contributed by atoms with van der Waals surface area (Å²) in [5.41, 5.74) is 2.45. The number of hydrogen-bond acceptors (Lipinski definition) is 3. The third kappa shape index (κ3) is 3.45. The molecule has 1 aromatic carbocycles. The molecular weight excluding hydrogens is 402 g/mol. The van der Waals surface area contributed by atoms with Crippen LogP contribution in [0.3, 0.4) is 0 Å². The molecule has 0 spiro atoms. The van der Waals surface area contributed by atoms with Gasteiger partial charge in [-0.15, -0.1) is 11.3 Å². The van der Waals surface area contributed by atoms with Crippen LogP contribution in [0.4, 0.5) is 0 Å². The van der Waals surface area contributed by atoms with E-state index in [1.807, 2.05) is 5.38 Å². The summed E-state index contributed by atoms with van der Waals surface area (Å²) in [6.45, 7) is 5.12. The van der Waals surface area contributed by atoms with Crippen molar-refractivity contribution in [1.29, 1.82) is 0 Å². The molecule has 1 atom stereocenters. The van der Waals surface area contributed by atoms with E-state index in [0.717, 1.165) is 21.2 Å². The number of thiophene rings is 1. The molecule has 0 bridgehead atoms. The van der Waals surface area contributed by atoms with Gasteiger partial charge in [-0.1, -0.05) is 38.8 Å². The van der Waals surface area contributed by atoms with Gasteiger partial charge in [-0.2, -0.15) is 0 Å². The quantitative estimate of drug-likeness (QED) is 0.712. The van der Waals surface area contributed by atoms with E-state index in [4.69, 9.17) is 4.74 Å². The van der Waals surface area contributed by atoms with Crippen molar-refractivity contribution in [1.82, 2.24) is 5.32 Å². The van der Waals surface area contributed by atoms with Crippen molar-refractivity contribution in [3.05, 3.63) is 48.5 Å². The molecule has 5 heteroatoms. The summed E-state index contributed by atoms with van der Waals surface area (Å²) in [4.78, 5) is 1.25. The Kier molecular flexibility index (Phi) is 5.66. The standard InChI is InChI=1S/C15H17Br2NOS/c1-4-18-15(14-6-10(19-3)8-20-14)11-7-12(16)9(2)5-13(11)17/h5-8,15,18H,4H2,1-3H3. The van der Waals surface area contributed by atoms with E-state index in [1.165, 1.54) is 16.0 Å². The van der Waals surface area contributed by atoms with E-state index in [1.54, 1.807) is 18.4 Å². The van der Waals surface area contributed by atoms with Gasteiger partial charge in [0.05, 0.1) is 13.2 Å². The number of methoxy groups -OCH3 is 1. The van der Waals surface area contributed by atoms with Gasteiger partial charge in [-0.3, -0.25) is 0 Å². The van der Waals surface area contributed by atoms with Gasteiger partial charge in [0.15, 0.2) is 0 Å². The summed E-state index contributed by atoms with van der Waals surface area (Å²) in [5, 5.41) is 5.58. The normalized spacial score (nSPS) is 12.4. The zero-order valence-electron chi connectivity index (χ0n) is 11.7. The maximum absolute atomic E-state index is 5.29. The van der Waals surface area contributed by atoms with Crippen molar-refractivity contribution in [3.63, 3.8) is 0 Å². The number of ether oxygens (including phenoxy) is 1. The van der Waals surface area contributed by atoms with Crippen LogP contribution in [0.5, 0.6) is 5.75 Å². The lowest BCUT2D eigenvalue weighted by Crippen LogP contribution is -2.21. The van der Waals surface area contributed by atoms with E-state index in [-0.39, 0.29) is 6.04 Å². The minimum Gasteiger partial charge on any atom is -0.496 e. The van der Waals surface area contributed by atoms with E-state index >= 15 is 0 Å². The van der Waals surface area contributed by atoms with Crippen LogP contribution in [0, 0.1) is 6.92 Å². The molecule has 1 aromatic heterocycles. The molecular formula is C15H17Br2NOS. The average Bonchev–Trinajstić information content (AvgIpc) is 2.89. The highest BCUT2D eigenvalue weighted by Crippen LogP contribution is 2.36. The minimum atomic E-state index is 0.167. The molecule has 0 saturated heterocycles. The van der Waals surface area contributed by atoms with Gasteiger partial charge in [0.1, 0.15) is 5.75 Å². The van der Waals surface area contributed by atoms with Gasteiger partial charge in [0, 0.05) is 19.2 Å². The molecule has 0 radical (unpaired) electrons. The molecule has 0 amide bonds. The zero-order valence-corrected chi connectivity index (χ0v) is 15.7. The maximum atomic E-state index is 5.29. The molecule has 1 N–H and O–H groups in total. The number of aryl methyl sites for hydroxylation is 1. The van der Waals surface area contributed by atoms with Crippen LogP contribution >= 0.6 is 43.2 Å². The van der Waals surface area contributed by atoms with Crippen molar-refractivity contribution in [2.75, 3.05) is 13.7 Å². The fourth-order valence-corrected chi connectivity index (χ4v) is 4.04. The van der Waals surface area contributed by atoms with Crippen LogP contribution < -0.4 is 10.1 Å². The molecule has 1 heterocycles. The van der Waals surface area contributed by atoms with Crippen LogP contribution in [0.15, 0.2) is 32.5 Å². The molecule has 2 rings (SSSR count). The first-order valence-electron chi connectivity index (χ1n) is 6.38. The van der Waals surface area contributed by atoms with Crippen molar-refractivity contribution in [3.8, 4) is 5.75 Å². The first kappa shape index (κ1) is 16.0. The Morgan fingerprint density at radius 2 is 2.00 bits per heavy atom. The molecule has 0 aliphatic heterocycles. The summed E-state index contributed by atoms with van der Waals surface area (Å²) in [5.74, 6) is 0.912. The average molecular weight is 419 g/mol.